The first kappa shape index (κ1) is 19.1. The molecular weight excluding hydrogens is 378 g/mol. The fraction of sp³-hybridized carbons (Fsp3) is 0.474. The Morgan fingerprint density at radius 2 is 1.89 bits per heavy atom. The van der Waals surface area contributed by atoms with Gasteiger partial charge in [-0.2, -0.15) is 4.31 Å². The standard InChI is InChI=1S/C19H25N5O3S/c1-14-19(15(2)27-21-14)28(25,26)24-10-6-9-23(11-12-24)13-18-20-16-7-4-5-8-17(16)22(18)3/h4-5,7-8H,6,9-13H2,1-3H3. The number of fused-ring (bicyclic) bond motifs is 1. The van der Waals surface area contributed by atoms with Crippen LogP contribution in [0.5, 0.6) is 0 Å². The molecule has 0 amide bonds. The van der Waals surface area contributed by atoms with Crippen molar-refractivity contribution < 1.29 is 12.9 Å². The number of aryl methyl sites for hydroxylation is 3. The van der Waals surface area contributed by atoms with E-state index >= 15 is 0 Å². The third-order valence-electron chi connectivity index (χ3n) is 5.36. The number of hydrogen-bond donors (Lipinski definition) is 0. The van der Waals surface area contributed by atoms with E-state index in [1.165, 1.54) is 0 Å². The molecule has 1 fully saturated rings. The van der Waals surface area contributed by atoms with E-state index in [0.29, 0.717) is 37.6 Å². The highest BCUT2D eigenvalue weighted by atomic mass is 32.2. The number of para-hydroxylation sites is 2. The van der Waals surface area contributed by atoms with Crippen molar-refractivity contribution in [3.8, 4) is 0 Å². The smallest absolute Gasteiger partial charge is 0.248 e. The molecule has 0 aliphatic carbocycles. The van der Waals surface area contributed by atoms with Crippen molar-refractivity contribution in [2.45, 2.75) is 31.7 Å². The molecule has 0 unspecified atom stereocenters. The molecule has 0 radical (unpaired) electrons. The van der Waals surface area contributed by atoms with E-state index in [2.05, 4.69) is 20.7 Å². The summed E-state index contributed by atoms with van der Waals surface area (Å²) in [7, 11) is -1.57. The van der Waals surface area contributed by atoms with Crippen molar-refractivity contribution in [2.24, 2.45) is 7.05 Å². The molecule has 0 saturated carbocycles. The maximum absolute atomic E-state index is 13.1. The second-order valence-electron chi connectivity index (χ2n) is 7.26. The summed E-state index contributed by atoms with van der Waals surface area (Å²) in [6, 6.07) is 8.07. The van der Waals surface area contributed by atoms with Gasteiger partial charge in [-0.15, -0.1) is 0 Å². The average molecular weight is 404 g/mol. The minimum absolute atomic E-state index is 0.205. The highest BCUT2D eigenvalue weighted by Crippen LogP contribution is 2.24. The highest BCUT2D eigenvalue weighted by molar-refractivity contribution is 7.89. The summed E-state index contributed by atoms with van der Waals surface area (Å²) in [4.78, 5) is 7.21. The maximum atomic E-state index is 13.1. The van der Waals surface area contributed by atoms with Crippen LogP contribution in [0, 0.1) is 13.8 Å². The van der Waals surface area contributed by atoms with Crippen LogP contribution in [0.2, 0.25) is 0 Å². The van der Waals surface area contributed by atoms with Crippen LogP contribution in [0.1, 0.15) is 23.7 Å². The number of sulfonamides is 1. The zero-order valence-corrected chi connectivity index (χ0v) is 17.2. The van der Waals surface area contributed by atoms with E-state index in [1.54, 1.807) is 18.2 Å². The zero-order chi connectivity index (χ0) is 19.9. The van der Waals surface area contributed by atoms with E-state index in [4.69, 9.17) is 9.51 Å². The quantitative estimate of drug-likeness (QED) is 0.663. The molecular formula is C19H25N5O3S. The van der Waals surface area contributed by atoms with Crippen molar-refractivity contribution in [2.75, 3.05) is 26.2 Å². The van der Waals surface area contributed by atoms with E-state index in [9.17, 15) is 8.42 Å². The molecule has 2 aromatic heterocycles. The second-order valence-corrected chi connectivity index (χ2v) is 9.14. The van der Waals surface area contributed by atoms with Gasteiger partial charge in [0.05, 0.1) is 17.6 Å². The van der Waals surface area contributed by atoms with Crippen LogP contribution in [0.15, 0.2) is 33.7 Å². The number of nitrogens with zero attached hydrogens (tertiary/aromatic N) is 5. The molecule has 0 atom stereocenters. The first-order valence-electron chi connectivity index (χ1n) is 9.43. The molecule has 0 N–H and O–H groups in total. The predicted octanol–water partition coefficient (Wildman–Crippen LogP) is 2.07. The molecule has 0 spiro atoms. The summed E-state index contributed by atoms with van der Waals surface area (Å²) in [5.74, 6) is 1.33. The van der Waals surface area contributed by atoms with E-state index in [-0.39, 0.29) is 4.90 Å². The Morgan fingerprint density at radius 1 is 1.11 bits per heavy atom. The molecule has 150 valence electrons. The first-order valence-corrected chi connectivity index (χ1v) is 10.9. The van der Waals surface area contributed by atoms with E-state index < -0.39 is 10.0 Å². The minimum Gasteiger partial charge on any atom is -0.360 e. The molecule has 4 rings (SSSR count). The molecule has 1 aliphatic rings. The Bertz CT molecular complexity index is 1080. The molecule has 3 aromatic rings. The highest BCUT2D eigenvalue weighted by Gasteiger charge is 2.32. The number of rotatable bonds is 4. The summed E-state index contributed by atoms with van der Waals surface area (Å²) in [6.07, 6.45) is 0.770. The largest absolute Gasteiger partial charge is 0.360 e. The van der Waals surface area contributed by atoms with Crippen molar-refractivity contribution in [3.05, 3.63) is 41.5 Å². The van der Waals surface area contributed by atoms with Crippen molar-refractivity contribution >= 4 is 21.1 Å². The number of hydrogen-bond acceptors (Lipinski definition) is 6. The summed E-state index contributed by atoms with van der Waals surface area (Å²) < 4.78 is 34.9. The number of aromatic nitrogens is 3. The van der Waals surface area contributed by atoms with Crippen molar-refractivity contribution in [3.63, 3.8) is 0 Å². The Morgan fingerprint density at radius 3 is 2.61 bits per heavy atom. The van der Waals surface area contributed by atoms with E-state index in [1.807, 2.05) is 25.2 Å². The molecule has 1 aliphatic heterocycles. The summed E-state index contributed by atoms with van der Waals surface area (Å²) in [5, 5.41) is 3.80. The van der Waals surface area contributed by atoms with Gasteiger partial charge in [0.25, 0.3) is 0 Å². The van der Waals surface area contributed by atoms with Gasteiger partial charge in [-0.25, -0.2) is 13.4 Å². The van der Waals surface area contributed by atoms with Gasteiger partial charge in [-0.05, 0) is 38.9 Å². The van der Waals surface area contributed by atoms with Crippen LogP contribution in [-0.4, -0.2) is 58.5 Å². The SMILES string of the molecule is Cc1noc(C)c1S(=O)(=O)N1CCCN(Cc2nc3ccccc3n2C)CC1. The van der Waals surface area contributed by atoms with Gasteiger partial charge >= 0.3 is 0 Å². The van der Waals surface area contributed by atoms with Gasteiger partial charge in [0, 0.05) is 26.7 Å². The molecule has 1 saturated heterocycles. The normalized spacial score (nSPS) is 17.2. The number of benzene rings is 1. The molecule has 8 nitrogen and oxygen atoms in total. The fourth-order valence-electron chi connectivity index (χ4n) is 3.85. The molecule has 9 heteroatoms. The molecule has 1 aromatic carbocycles. The average Bonchev–Trinajstić information content (AvgIpc) is 3.05. The van der Waals surface area contributed by atoms with Crippen LogP contribution in [0.3, 0.4) is 0 Å². The summed E-state index contributed by atoms with van der Waals surface area (Å²) >= 11 is 0. The Labute approximate surface area is 164 Å². The lowest BCUT2D eigenvalue weighted by molar-refractivity contribution is 0.269. The third kappa shape index (κ3) is 3.34. The van der Waals surface area contributed by atoms with Gasteiger partial charge in [0.2, 0.25) is 10.0 Å². The van der Waals surface area contributed by atoms with Crippen LogP contribution < -0.4 is 0 Å². The first-order chi connectivity index (χ1) is 13.4. The Kier molecular flexibility index (Phi) is 4.98. The third-order valence-corrected chi connectivity index (χ3v) is 7.50. The second kappa shape index (κ2) is 7.31. The molecule has 3 heterocycles. The predicted molar refractivity (Wildman–Crippen MR) is 105 cm³/mol. The van der Waals surface area contributed by atoms with Gasteiger partial charge in [0.15, 0.2) is 5.76 Å². The Balaban J connectivity index is 1.50. The molecule has 0 bridgehead atoms. The fourth-order valence-corrected chi connectivity index (χ4v) is 5.62. The lowest BCUT2D eigenvalue weighted by Gasteiger charge is -2.21. The topological polar surface area (TPSA) is 84.5 Å². The van der Waals surface area contributed by atoms with Crippen molar-refractivity contribution in [1.29, 1.82) is 0 Å². The lowest BCUT2D eigenvalue weighted by Crippen LogP contribution is -2.35. The summed E-state index contributed by atoms with van der Waals surface area (Å²) in [6.45, 7) is 6.43. The lowest BCUT2D eigenvalue weighted by atomic mass is 10.3. The monoisotopic (exact) mass is 403 g/mol. The van der Waals surface area contributed by atoms with Gasteiger partial charge in [0.1, 0.15) is 16.4 Å². The number of imidazole rings is 1. The van der Waals surface area contributed by atoms with Crippen molar-refractivity contribution in [1.82, 2.24) is 23.9 Å². The van der Waals surface area contributed by atoms with Crippen LogP contribution >= 0.6 is 0 Å². The minimum atomic E-state index is -3.60. The van der Waals surface area contributed by atoms with Crippen LogP contribution in [0.25, 0.3) is 11.0 Å². The maximum Gasteiger partial charge on any atom is 0.248 e. The van der Waals surface area contributed by atoms with Crippen LogP contribution in [0.4, 0.5) is 0 Å². The molecule has 28 heavy (non-hydrogen) atoms. The zero-order valence-electron chi connectivity index (χ0n) is 16.4. The van der Waals surface area contributed by atoms with E-state index in [0.717, 1.165) is 29.8 Å². The van der Waals surface area contributed by atoms with Gasteiger partial charge < -0.3 is 9.09 Å². The Hall–Kier alpha value is -2.23. The van der Waals surface area contributed by atoms with Gasteiger partial charge in [-0.1, -0.05) is 17.3 Å². The van der Waals surface area contributed by atoms with Crippen LogP contribution in [-0.2, 0) is 23.6 Å². The summed E-state index contributed by atoms with van der Waals surface area (Å²) in [5.41, 5.74) is 2.51. The van der Waals surface area contributed by atoms with Gasteiger partial charge in [-0.3, -0.25) is 4.90 Å².